The van der Waals surface area contributed by atoms with Gasteiger partial charge in [-0.2, -0.15) is 9.40 Å². The van der Waals surface area contributed by atoms with E-state index in [1.165, 1.54) is 4.31 Å². The third-order valence-electron chi connectivity index (χ3n) is 5.32. The topological polar surface area (TPSA) is 81.5 Å². The number of carbonyl (C=O) groups is 1. The fourth-order valence-corrected chi connectivity index (χ4v) is 5.86. The SMILES string of the molecule is Cc1nn(C)c(C)c1S(=O)(=O)N1CCC2(CC(=O)c3ccccc3O2)C1. The number of hydrogen-bond acceptors (Lipinski definition) is 5. The molecule has 0 saturated carbocycles. The van der Waals surface area contributed by atoms with Gasteiger partial charge in [0, 0.05) is 20.0 Å². The number of Topliss-reactive ketones (excluding diaryl/α,β-unsaturated/α-hetero) is 1. The van der Waals surface area contributed by atoms with E-state index in [-0.39, 0.29) is 23.6 Å². The van der Waals surface area contributed by atoms with Crippen LogP contribution in [0.4, 0.5) is 0 Å². The second-order valence-corrected chi connectivity index (χ2v) is 8.97. The largest absolute Gasteiger partial charge is 0.485 e. The van der Waals surface area contributed by atoms with Crippen LogP contribution in [0.1, 0.15) is 34.6 Å². The normalized spacial score (nSPS) is 23.3. The van der Waals surface area contributed by atoms with Gasteiger partial charge in [0.2, 0.25) is 10.0 Å². The van der Waals surface area contributed by atoms with Crippen LogP contribution in [0.15, 0.2) is 29.2 Å². The second-order valence-electron chi connectivity index (χ2n) is 7.09. The highest BCUT2D eigenvalue weighted by molar-refractivity contribution is 7.89. The average molecular weight is 375 g/mol. The molecule has 1 atom stereocenters. The van der Waals surface area contributed by atoms with Crippen LogP contribution in [-0.4, -0.2) is 47.0 Å². The molecule has 3 heterocycles. The molecule has 2 aromatic rings. The van der Waals surface area contributed by atoms with E-state index < -0.39 is 15.6 Å². The molecule has 138 valence electrons. The molecular formula is C18H21N3O4S. The van der Waals surface area contributed by atoms with Gasteiger partial charge < -0.3 is 4.74 Å². The van der Waals surface area contributed by atoms with Crippen LogP contribution in [0, 0.1) is 13.8 Å². The van der Waals surface area contributed by atoms with Crippen molar-refractivity contribution in [2.24, 2.45) is 7.05 Å². The maximum atomic E-state index is 13.2. The first kappa shape index (κ1) is 17.2. The standard InChI is InChI=1S/C18H21N3O4S/c1-12-17(13(2)20(3)19-12)26(23,24)21-9-8-18(11-21)10-15(22)14-6-4-5-7-16(14)25-18/h4-7H,8-11H2,1-3H3. The first-order chi connectivity index (χ1) is 12.2. The zero-order valence-electron chi connectivity index (χ0n) is 15.0. The Kier molecular flexibility index (Phi) is 3.75. The van der Waals surface area contributed by atoms with Crippen LogP contribution < -0.4 is 4.74 Å². The summed E-state index contributed by atoms with van der Waals surface area (Å²) < 4.78 is 35.5. The maximum absolute atomic E-state index is 13.2. The van der Waals surface area contributed by atoms with Crippen LogP contribution in [0.2, 0.25) is 0 Å². The lowest BCUT2D eigenvalue weighted by Crippen LogP contribution is -2.45. The van der Waals surface area contributed by atoms with E-state index in [1.807, 2.05) is 6.07 Å². The van der Waals surface area contributed by atoms with Gasteiger partial charge in [0.05, 0.1) is 29.9 Å². The average Bonchev–Trinajstić information content (AvgIpc) is 3.09. The van der Waals surface area contributed by atoms with E-state index in [9.17, 15) is 13.2 Å². The first-order valence-electron chi connectivity index (χ1n) is 8.55. The summed E-state index contributed by atoms with van der Waals surface area (Å²) in [5.74, 6) is 0.538. The van der Waals surface area contributed by atoms with Gasteiger partial charge in [-0.15, -0.1) is 0 Å². The summed E-state index contributed by atoms with van der Waals surface area (Å²) in [6.45, 7) is 3.94. The van der Waals surface area contributed by atoms with Gasteiger partial charge in [-0.3, -0.25) is 9.48 Å². The molecule has 0 amide bonds. The van der Waals surface area contributed by atoms with Gasteiger partial charge >= 0.3 is 0 Å². The van der Waals surface area contributed by atoms with Gasteiger partial charge in [-0.25, -0.2) is 8.42 Å². The monoisotopic (exact) mass is 375 g/mol. The van der Waals surface area contributed by atoms with E-state index in [4.69, 9.17) is 4.74 Å². The van der Waals surface area contributed by atoms with Crippen molar-refractivity contribution in [2.75, 3.05) is 13.1 Å². The van der Waals surface area contributed by atoms with Crippen molar-refractivity contribution in [1.29, 1.82) is 0 Å². The molecule has 1 fully saturated rings. The van der Waals surface area contributed by atoms with Crippen molar-refractivity contribution in [1.82, 2.24) is 14.1 Å². The minimum absolute atomic E-state index is 0.000151. The molecule has 1 aromatic heterocycles. The summed E-state index contributed by atoms with van der Waals surface area (Å²) in [6.07, 6.45) is 0.686. The Morgan fingerprint density at radius 2 is 1.96 bits per heavy atom. The van der Waals surface area contributed by atoms with Crippen molar-refractivity contribution in [3.8, 4) is 5.75 Å². The highest BCUT2D eigenvalue weighted by Gasteiger charge is 2.49. The molecule has 4 rings (SSSR count). The van der Waals surface area contributed by atoms with E-state index in [0.717, 1.165) is 0 Å². The van der Waals surface area contributed by atoms with E-state index >= 15 is 0 Å². The Morgan fingerprint density at radius 1 is 1.23 bits per heavy atom. The Hall–Kier alpha value is -2.19. The third kappa shape index (κ3) is 2.47. The Bertz CT molecular complexity index is 1010. The smallest absolute Gasteiger partial charge is 0.246 e. The van der Waals surface area contributed by atoms with Gasteiger partial charge in [0.25, 0.3) is 0 Å². The van der Waals surface area contributed by atoms with Gasteiger partial charge in [-0.05, 0) is 26.0 Å². The minimum atomic E-state index is -3.69. The number of rotatable bonds is 2. The van der Waals surface area contributed by atoms with Crippen LogP contribution >= 0.6 is 0 Å². The number of aryl methyl sites for hydroxylation is 2. The van der Waals surface area contributed by atoms with Gasteiger partial charge in [0.15, 0.2) is 5.78 Å². The minimum Gasteiger partial charge on any atom is -0.485 e. The summed E-state index contributed by atoms with van der Waals surface area (Å²) >= 11 is 0. The highest BCUT2D eigenvalue weighted by Crippen LogP contribution is 2.40. The molecule has 0 bridgehead atoms. The van der Waals surface area contributed by atoms with Crippen LogP contribution in [-0.2, 0) is 17.1 Å². The molecule has 1 saturated heterocycles. The zero-order chi connectivity index (χ0) is 18.7. The van der Waals surface area contributed by atoms with Crippen molar-refractivity contribution >= 4 is 15.8 Å². The maximum Gasteiger partial charge on any atom is 0.246 e. The fourth-order valence-electron chi connectivity index (χ4n) is 3.94. The summed E-state index contributed by atoms with van der Waals surface area (Å²) in [4.78, 5) is 12.8. The van der Waals surface area contributed by atoms with E-state index in [2.05, 4.69) is 5.10 Å². The number of sulfonamides is 1. The molecule has 1 spiro atoms. The molecule has 8 heteroatoms. The highest BCUT2D eigenvalue weighted by atomic mass is 32.2. The number of para-hydroxylation sites is 1. The molecule has 26 heavy (non-hydrogen) atoms. The number of carbonyl (C=O) groups excluding carboxylic acids is 1. The van der Waals surface area contributed by atoms with Crippen molar-refractivity contribution in [3.05, 3.63) is 41.2 Å². The number of hydrogen-bond donors (Lipinski definition) is 0. The predicted molar refractivity (Wildman–Crippen MR) is 94.8 cm³/mol. The lowest BCUT2D eigenvalue weighted by Gasteiger charge is -2.34. The van der Waals surface area contributed by atoms with Gasteiger partial charge in [-0.1, -0.05) is 12.1 Å². The number of nitrogens with zero attached hydrogens (tertiary/aromatic N) is 3. The summed E-state index contributed by atoms with van der Waals surface area (Å²) in [5.41, 5.74) is 0.868. The van der Waals surface area contributed by atoms with E-state index in [1.54, 1.807) is 43.8 Å². The molecule has 1 unspecified atom stereocenters. The number of ether oxygens (including phenoxy) is 1. The number of aromatic nitrogens is 2. The van der Waals surface area contributed by atoms with E-state index in [0.29, 0.717) is 35.7 Å². The van der Waals surface area contributed by atoms with Gasteiger partial charge in [0.1, 0.15) is 16.2 Å². The summed E-state index contributed by atoms with van der Waals surface area (Å²) in [6, 6.07) is 7.13. The lowest BCUT2D eigenvalue weighted by atomic mass is 9.89. The number of fused-ring (bicyclic) bond motifs is 1. The van der Waals surface area contributed by atoms with Crippen LogP contribution in [0.3, 0.4) is 0 Å². The predicted octanol–water partition coefficient (Wildman–Crippen LogP) is 1.84. The number of benzene rings is 1. The fraction of sp³-hybridized carbons (Fsp3) is 0.444. The second kappa shape index (κ2) is 5.65. The zero-order valence-corrected chi connectivity index (χ0v) is 15.8. The van der Waals surface area contributed by atoms with Crippen LogP contribution in [0.25, 0.3) is 0 Å². The van der Waals surface area contributed by atoms with Crippen molar-refractivity contribution in [3.63, 3.8) is 0 Å². The third-order valence-corrected chi connectivity index (χ3v) is 7.42. The Balaban J connectivity index is 1.66. The molecule has 0 aliphatic carbocycles. The Labute approximate surface area is 152 Å². The summed E-state index contributed by atoms with van der Waals surface area (Å²) in [7, 11) is -1.96. The summed E-state index contributed by atoms with van der Waals surface area (Å²) in [5, 5.41) is 4.22. The molecular weight excluding hydrogens is 354 g/mol. The van der Waals surface area contributed by atoms with Crippen molar-refractivity contribution < 1.29 is 17.9 Å². The first-order valence-corrected chi connectivity index (χ1v) is 9.99. The molecule has 2 aliphatic rings. The molecule has 7 nitrogen and oxygen atoms in total. The molecule has 0 N–H and O–H groups in total. The molecule has 1 aromatic carbocycles. The van der Waals surface area contributed by atoms with Crippen LogP contribution in [0.5, 0.6) is 5.75 Å². The quantitative estimate of drug-likeness (QED) is 0.800. The Morgan fingerprint density at radius 3 is 2.65 bits per heavy atom. The molecule has 0 radical (unpaired) electrons. The molecule has 2 aliphatic heterocycles. The number of ketones is 1. The van der Waals surface area contributed by atoms with Crippen molar-refractivity contribution in [2.45, 2.75) is 37.2 Å². The lowest BCUT2D eigenvalue weighted by molar-refractivity contribution is 0.0498.